The van der Waals surface area contributed by atoms with Crippen molar-refractivity contribution in [2.45, 2.75) is 39.5 Å². The molecule has 1 atom stereocenters. The Bertz CT molecular complexity index is 653. The fraction of sp³-hybridized carbons (Fsp3) is 0.412. The first-order valence-corrected chi connectivity index (χ1v) is 7.33. The quantitative estimate of drug-likeness (QED) is 0.818. The predicted octanol–water partition coefficient (Wildman–Crippen LogP) is 3.50. The smallest absolute Gasteiger partial charge is 0.387 e. The molecular formula is C17H21F2NO3. The van der Waals surface area contributed by atoms with Crippen LogP contribution in [-0.2, 0) is 12.1 Å². The second kappa shape index (κ2) is 7.10. The number of aliphatic hydroxyl groups is 1. The van der Waals surface area contributed by atoms with Crippen LogP contribution in [-0.4, -0.2) is 18.3 Å². The lowest BCUT2D eigenvalue weighted by Crippen LogP contribution is -2.35. The molecule has 0 saturated carbocycles. The number of hydrogen-bond acceptors (Lipinski definition) is 4. The van der Waals surface area contributed by atoms with Gasteiger partial charge in [0.15, 0.2) is 0 Å². The third kappa shape index (κ3) is 4.53. The van der Waals surface area contributed by atoms with Crippen LogP contribution in [0, 0.1) is 13.8 Å². The highest BCUT2D eigenvalue weighted by atomic mass is 19.3. The summed E-state index contributed by atoms with van der Waals surface area (Å²) in [7, 11) is 0. The van der Waals surface area contributed by atoms with Gasteiger partial charge in [-0.15, -0.1) is 0 Å². The Hall–Kier alpha value is -1.92. The van der Waals surface area contributed by atoms with Crippen molar-refractivity contribution < 1.29 is 23.0 Å². The second-order valence-electron chi connectivity index (χ2n) is 5.69. The first kappa shape index (κ1) is 17.4. The molecule has 0 aliphatic heterocycles. The van der Waals surface area contributed by atoms with E-state index >= 15 is 0 Å². The lowest BCUT2D eigenvalue weighted by molar-refractivity contribution is -0.0505. The molecule has 2 rings (SSSR count). The molecule has 1 unspecified atom stereocenters. The Morgan fingerprint density at radius 3 is 2.61 bits per heavy atom. The summed E-state index contributed by atoms with van der Waals surface area (Å²) in [6, 6.07) is 8.37. The maximum Gasteiger partial charge on any atom is 0.387 e. The number of benzene rings is 1. The number of furan rings is 1. The van der Waals surface area contributed by atoms with Gasteiger partial charge >= 0.3 is 6.61 Å². The maximum atomic E-state index is 12.4. The summed E-state index contributed by atoms with van der Waals surface area (Å²) in [5, 5.41) is 13.7. The Morgan fingerprint density at radius 2 is 2.00 bits per heavy atom. The summed E-state index contributed by atoms with van der Waals surface area (Å²) >= 11 is 0. The molecule has 2 N–H and O–H groups in total. The van der Waals surface area contributed by atoms with Gasteiger partial charge in [0.1, 0.15) is 22.9 Å². The molecule has 1 heterocycles. The van der Waals surface area contributed by atoms with E-state index in [1.165, 1.54) is 6.07 Å². The highest BCUT2D eigenvalue weighted by molar-refractivity contribution is 5.33. The van der Waals surface area contributed by atoms with Crippen molar-refractivity contribution >= 4 is 0 Å². The van der Waals surface area contributed by atoms with Crippen molar-refractivity contribution in [3.05, 3.63) is 53.0 Å². The van der Waals surface area contributed by atoms with Gasteiger partial charge in [-0.05, 0) is 32.9 Å². The summed E-state index contributed by atoms with van der Waals surface area (Å²) in [4.78, 5) is 0. The molecule has 0 aliphatic rings. The van der Waals surface area contributed by atoms with Gasteiger partial charge in [-0.3, -0.25) is 0 Å². The average Bonchev–Trinajstić information content (AvgIpc) is 2.80. The molecule has 2 aromatic rings. The highest BCUT2D eigenvalue weighted by Gasteiger charge is 2.27. The van der Waals surface area contributed by atoms with E-state index < -0.39 is 12.2 Å². The van der Waals surface area contributed by atoms with Gasteiger partial charge in [-0.25, -0.2) is 0 Å². The van der Waals surface area contributed by atoms with Crippen molar-refractivity contribution in [3.8, 4) is 5.75 Å². The largest absolute Gasteiger partial charge is 0.466 e. The lowest BCUT2D eigenvalue weighted by Gasteiger charge is -2.23. The van der Waals surface area contributed by atoms with E-state index in [4.69, 9.17) is 4.42 Å². The van der Waals surface area contributed by atoms with E-state index in [2.05, 4.69) is 10.1 Å². The molecule has 0 spiro atoms. The highest BCUT2D eigenvalue weighted by Crippen LogP contribution is 2.27. The molecule has 1 aromatic heterocycles. The van der Waals surface area contributed by atoms with Crippen LogP contribution in [0.2, 0.25) is 0 Å². The fourth-order valence-corrected chi connectivity index (χ4v) is 2.56. The Labute approximate surface area is 134 Å². The molecule has 4 nitrogen and oxygen atoms in total. The number of halogens is 2. The molecule has 0 amide bonds. The maximum absolute atomic E-state index is 12.4. The van der Waals surface area contributed by atoms with E-state index in [9.17, 15) is 13.9 Å². The topological polar surface area (TPSA) is 54.6 Å². The number of para-hydroxylation sites is 1. The zero-order valence-corrected chi connectivity index (χ0v) is 13.4. The summed E-state index contributed by atoms with van der Waals surface area (Å²) in [5.41, 5.74) is 0.184. The van der Waals surface area contributed by atoms with E-state index in [0.717, 1.165) is 5.76 Å². The third-order valence-corrected chi connectivity index (χ3v) is 3.59. The van der Waals surface area contributed by atoms with Crippen LogP contribution in [0.5, 0.6) is 5.75 Å². The first-order chi connectivity index (χ1) is 10.8. The van der Waals surface area contributed by atoms with E-state index in [-0.39, 0.29) is 12.3 Å². The normalized spacial score (nSPS) is 14.0. The zero-order chi connectivity index (χ0) is 17.0. The minimum absolute atomic E-state index is 0.130. The Kier molecular flexibility index (Phi) is 5.38. The number of hydrogen-bond donors (Lipinski definition) is 2. The monoisotopic (exact) mass is 325 g/mol. The molecule has 0 saturated heterocycles. The Morgan fingerprint density at radius 1 is 1.30 bits per heavy atom. The third-order valence-electron chi connectivity index (χ3n) is 3.59. The first-order valence-electron chi connectivity index (χ1n) is 7.33. The molecule has 0 aliphatic carbocycles. The minimum Gasteiger partial charge on any atom is -0.466 e. The molecule has 6 heteroatoms. The van der Waals surface area contributed by atoms with Gasteiger partial charge in [0, 0.05) is 24.2 Å². The summed E-state index contributed by atoms with van der Waals surface area (Å²) < 4.78 is 34.7. The molecule has 0 radical (unpaired) electrons. The van der Waals surface area contributed by atoms with E-state index in [1.54, 1.807) is 38.1 Å². The van der Waals surface area contributed by atoms with Gasteiger partial charge in [0.05, 0.1) is 0 Å². The Balaban J connectivity index is 2.01. The van der Waals surface area contributed by atoms with Gasteiger partial charge < -0.3 is 19.6 Å². The molecule has 0 fully saturated rings. The number of nitrogens with one attached hydrogen (secondary N) is 1. The summed E-state index contributed by atoms with van der Waals surface area (Å²) in [5.74, 6) is 1.52. The van der Waals surface area contributed by atoms with Crippen LogP contribution in [0.3, 0.4) is 0 Å². The van der Waals surface area contributed by atoms with Gasteiger partial charge in [0.2, 0.25) is 0 Å². The SMILES string of the molecule is Cc1cc(C(C)(O)CNCc2ccccc2OC(F)F)c(C)o1. The molecule has 1 aromatic carbocycles. The van der Waals surface area contributed by atoms with Crippen LogP contribution in [0.1, 0.15) is 29.6 Å². The predicted molar refractivity (Wildman–Crippen MR) is 82.5 cm³/mol. The summed E-state index contributed by atoms with van der Waals surface area (Å²) in [6.07, 6.45) is 0. The average molecular weight is 325 g/mol. The second-order valence-corrected chi connectivity index (χ2v) is 5.69. The molecule has 0 bridgehead atoms. The number of alkyl halides is 2. The molecular weight excluding hydrogens is 304 g/mol. The van der Waals surface area contributed by atoms with E-state index in [0.29, 0.717) is 23.4 Å². The van der Waals surface area contributed by atoms with Crippen molar-refractivity contribution in [3.63, 3.8) is 0 Å². The van der Waals surface area contributed by atoms with Crippen LogP contribution >= 0.6 is 0 Å². The van der Waals surface area contributed by atoms with Crippen molar-refractivity contribution in [1.82, 2.24) is 5.32 Å². The van der Waals surface area contributed by atoms with Crippen molar-refractivity contribution in [1.29, 1.82) is 0 Å². The number of rotatable bonds is 7. The minimum atomic E-state index is -2.86. The van der Waals surface area contributed by atoms with Crippen LogP contribution in [0.25, 0.3) is 0 Å². The van der Waals surface area contributed by atoms with Crippen LogP contribution < -0.4 is 10.1 Å². The molecule has 23 heavy (non-hydrogen) atoms. The van der Waals surface area contributed by atoms with Crippen LogP contribution in [0.15, 0.2) is 34.7 Å². The van der Waals surface area contributed by atoms with Gasteiger partial charge in [-0.1, -0.05) is 18.2 Å². The van der Waals surface area contributed by atoms with Gasteiger partial charge in [0.25, 0.3) is 0 Å². The standard InChI is InChI=1S/C17H21F2NO3/c1-11-8-14(12(2)22-11)17(3,21)10-20-9-13-6-4-5-7-15(13)23-16(18)19/h4-8,16,20-21H,9-10H2,1-3H3. The van der Waals surface area contributed by atoms with Crippen molar-refractivity contribution in [2.24, 2.45) is 0 Å². The van der Waals surface area contributed by atoms with Crippen LogP contribution in [0.4, 0.5) is 8.78 Å². The van der Waals surface area contributed by atoms with E-state index in [1.807, 2.05) is 6.92 Å². The zero-order valence-electron chi connectivity index (χ0n) is 13.4. The number of ether oxygens (including phenoxy) is 1. The summed E-state index contributed by atoms with van der Waals surface area (Å²) in [6.45, 7) is 2.97. The van der Waals surface area contributed by atoms with Crippen molar-refractivity contribution in [2.75, 3.05) is 6.54 Å². The fourth-order valence-electron chi connectivity index (χ4n) is 2.56. The molecule has 126 valence electrons. The lowest BCUT2D eigenvalue weighted by atomic mass is 9.96. The van der Waals surface area contributed by atoms with Gasteiger partial charge in [-0.2, -0.15) is 8.78 Å². The number of aryl methyl sites for hydroxylation is 2.